The third kappa shape index (κ3) is 2.78. The Labute approximate surface area is 161 Å². The quantitative estimate of drug-likeness (QED) is 0.823. The maximum atomic E-state index is 13.4. The van der Waals surface area contributed by atoms with Crippen molar-refractivity contribution in [2.75, 3.05) is 19.6 Å². The van der Waals surface area contributed by atoms with Crippen LogP contribution in [0.25, 0.3) is 0 Å². The number of hydrogen-bond acceptors (Lipinski definition) is 3. The molecule has 0 spiro atoms. The number of aryl methyl sites for hydroxylation is 2. The van der Waals surface area contributed by atoms with Gasteiger partial charge in [0.05, 0.1) is 6.04 Å². The summed E-state index contributed by atoms with van der Waals surface area (Å²) in [5.74, 6) is 1.13. The van der Waals surface area contributed by atoms with Gasteiger partial charge in [0.2, 0.25) is 0 Å². The van der Waals surface area contributed by atoms with Crippen LogP contribution in [0, 0.1) is 19.8 Å². The molecule has 27 heavy (non-hydrogen) atoms. The van der Waals surface area contributed by atoms with Crippen LogP contribution < -0.4 is 0 Å². The maximum absolute atomic E-state index is 13.4. The fourth-order valence-electron chi connectivity index (χ4n) is 5.57. The molecule has 4 aliphatic heterocycles. The zero-order valence-electron chi connectivity index (χ0n) is 16.1. The Balaban J connectivity index is 1.52. The second-order valence-electron chi connectivity index (χ2n) is 8.49. The number of likely N-dealkylation sites (tertiary alicyclic amines) is 1. The van der Waals surface area contributed by atoms with Gasteiger partial charge in [0, 0.05) is 24.2 Å². The van der Waals surface area contributed by atoms with Gasteiger partial charge < -0.3 is 4.90 Å². The molecule has 0 radical (unpaired) electrons. The molecule has 3 atom stereocenters. The number of carbonyl (C=O) groups excluding carboxylic acids is 1. The van der Waals surface area contributed by atoms with Gasteiger partial charge in [-0.05, 0) is 63.4 Å². The van der Waals surface area contributed by atoms with Crippen LogP contribution in [0.1, 0.15) is 46.1 Å². The molecular formula is C23H27N3O. The molecule has 4 fully saturated rings. The predicted octanol–water partition coefficient (Wildman–Crippen LogP) is 3.40. The summed E-state index contributed by atoms with van der Waals surface area (Å²) in [6.07, 6.45) is 2.43. The zero-order chi connectivity index (χ0) is 18.5. The molecule has 0 aliphatic carbocycles. The van der Waals surface area contributed by atoms with Crippen molar-refractivity contribution in [2.24, 2.45) is 5.92 Å². The van der Waals surface area contributed by atoms with Gasteiger partial charge in [-0.1, -0.05) is 35.9 Å². The van der Waals surface area contributed by atoms with Gasteiger partial charge in [-0.15, -0.1) is 0 Å². The second kappa shape index (κ2) is 6.45. The third-order valence-electron chi connectivity index (χ3n) is 6.87. The molecule has 0 N–H and O–H groups in total. The molecule has 4 aliphatic rings. The van der Waals surface area contributed by atoms with Crippen LogP contribution in [-0.4, -0.2) is 52.4 Å². The average molecular weight is 361 g/mol. The van der Waals surface area contributed by atoms with E-state index in [1.807, 2.05) is 25.1 Å². The van der Waals surface area contributed by atoms with Gasteiger partial charge in [0.15, 0.2) is 0 Å². The Kier molecular flexibility index (Phi) is 4.05. The lowest BCUT2D eigenvalue weighted by molar-refractivity contribution is -0.00358. The minimum absolute atomic E-state index is 0.108. The highest BCUT2D eigenvalue weighted by molar-refractivity contribution is 5.93. The van der Waals surface area contributed by atoms with Gasteiger partial charge in [0.25, 0.3) is 5.91 Å². The first-order chi connectivity index (χ1) is 13.1. The number of pyridine rings is 1. The standard InChI is InChI=1S/C23H27N3O/c1-15-6-8-17(9-7-15)19-14-26(23(27)20-5-3-4-16(2)24-20)21-18-10-12-25(13-11-18)22(19)21/h3-9,18-19,21-22H,10-14H2,1-2H3/t19-,21-,22-/m0/s1. The van der Waals surface area contributed by atoms with E-state index in [2.05, 4.69) is 46.0 Å². The smallest absolute Gasteiger partial charge is 0.272 e. The molecule has 4 nitrogen and oxygen atoms in total. The first-order valence-corrected chi connectivity index (χ1v) is 10.2. The van der Waals surface area contributed by atoms with E-state index in [0.717, 1.165) is 12.2 Å². The fraction of sp³-hybridized carbons (Fsp3) is 0.478. The molecular weight excluding hydrogens is 334 g/mol. The summed E-state index contributed by atoms with van der Waals surface area (Å²) in [6.45, 7) is 7.25. The molecule has 0 saturated carbocycles. The topological polar surface area (TPSA) is 36.4 Å². The molecule has 1 aromatic heterocycles. The van der Waals surface area contributed by atoms with Crippen molar-refractivity contribution < 1.29 is 4.79 Å². The summed E-state index contributed by atoms with van der Waals surface area (Å²) < 4.78 is 0. The monoisotopic (exact) mass is 361 g/mol. The van der Waals surface area contributed by atoms with Gasteiger partial charge in [-0.25, -0.2) is 4.98 Å². The first kappa shape index (κ1) is 16.9. The number of carbonyl (C=O) groups is 1. The van der Waals surface area contributed by atoms with Crippen molar-refractivity contribution in [3.05, 3.63) is 65.0 Å². The van der Waals surface area contributed by atoms with Crippen LogP contribution in [-0.2, 0) is 0 Å². The highest BCUT2D eigenvalue weighted by Gasteiger charge is 2.54. The molecule has 4 saturated heterocycles. The molecule has 0 unspecified atom stereocenters. The summed E-state index contributed by atoms with van der Waals surface area (Å²) in [7, 11) is 0. The molecule has 6 rings (SSSR count). The second-order valence-corrected chi connectivity index (χ2v) is 8.49. The van der Waals surface area contributed by atoms with Gasteiger partial charge in [-0.3, -0.25) is 9.69 Å². The van der Waals surface area contributed by atoms with Crippen LogP contribution in [0.4, 0.5) is 0 Å². The number of hydrogen-bond donors (Lipinski definition) is 0. The molecule has 2 aromatic rings. The van der Waals surface area contributed by atoms with Gasteiger partial charge >= 0.3 is 0 Å². The van der Waals surface area contributed by atoms with E-state index in [1.165, 1.54) is 37.1 Å². The lowest BCUT2D eigenvalue weighted by atomic mass is 9.75. The van der Waals surface area contributed by atoms with E-state index >= 15 is 0 Å². The summed E-state index contributed by atoms with van der Waals surface area (Å²) in [5.41, 5.74) is 4.15. The SMILES string of the molecule is Cc1ccc([C@@H]2CN(C(=O)c3cccc(C)n3)[C@H]3C4CCN(CC4)[C@@H]23)cc1. The summed E-state index contributed by atoms with van der Waals surface area (Å²) >= 11 is 0. The summed E-state index contributed by atoms with van der Waals surface area (Å²) in [4.78, 5) is 22.7. The Bertz CT molecular complexity index is 854. The van der Waals surface area contributed by atoms with E-state index in [0.29, 0.717) is 29.6 Å². The molecule has 1 amide bonds. The largest absolute Gasteiger partial charge is 0.332 e. The fourth-order valence-corrected chi connectivity index (χ4v) is 5.57. The Morgan fingerprint density at radius 1 is 1.00 bits per heavy atom. The predicted molar refractivity (Wildman–Crippen MR) is 106 cm³/mol. The van der Waals surface area contributed by atoms with Crippen molar-refractivity contribution in [1.29, 1.82) is 0 Å². The van der Waals surface area contributed by atoms with Crippen LogP contribution in [0.3, 0.4) is 0 Å². The lowest BCUT2D eigenvalue weighted by Gasteiger charge is -2.51. The van der Waals surface area contributed by atoms with Crippen molar-refractivity contribution in [3.8, 4) is 0 Å². The molecule has 2 bridgehead atoms. The number of amides is 1. The minimum Gasteiger partial charge on any atom is -0.332 e. The lowest BCUT2D eigenvalue weighted by Crippen LogP contribution is -2.60. The van der Waals surface area contributed by atoms with Crippen LogP contribution >= 0.6 is 0 Å². The molecule has 5 heterocycles. The van der Waals surface area contributed by atoms with E-state index in [1.54, 1.807) is 0 Å². The third-order valence-corrected chi connectivity index (χ3v) is 6.87. The van der Waals surface area contributed by atoms with Crippen molar-refractivity contribution in [2.45, 2.75) is 44.7 Å². The summed E-state index contributed by atoms with van der Waals surface area (Å²) in [5, 5.41) is 0. The zero-order valence-corrected chi connectivity index (χ0v) is 16.1. The van der Waals surface area contributed by atoms with Gasteiger partial charge in [0.1, 0.15) is 5.69 Å². The van der Waals surface area contributed by atoms with Crippen molar-refractivity contribution in [1.82, 2.24) is 14.8 Å². The Hall–Kier alpha value is -2.20. The molecule has 1 aromatic carbocycles. The Morgan fingerprint density at radius 2 is 1.74 bits per heavy atom. The number of aromatic nitrogens is 1. The molecule has 140 valence electrons. The van der Waals surface area contributed by atoms with E-state index in [4.69, 9.17) is 0 Å². The number of fused-ring (bicyclic) bond motifs is 2. The number of rotatable bonds is 2. The first-order valence-electron chi connectivity index (χ1n) is 10.2. The normalized spacial score (nSPS) is 31.8. The average Bonchev–Trinajstić information content (AvgIpc) is 3.12. The highest BCUT2D eigenvalue weighted by Crippen LogP contribution is 2.46. The van der Waals surface area contributed by atoms with E-state index in [-0.39, 0.29) is 5.91 Å². The van der Waals surface area contributed by atoms with E-state index in [9.17, 15) is 4.79 Å². The van der Waals surface area contributed by atoms with Crippen LogP contribution in [0.15, 0.2) is 42.5 Å². The van der Waals surface area contributed by atoms with Crippen LogP contribution in [0.5, 0.6) is 0 Å². The van der Waals surface area contributed by atoms with Crippen molar-refractivity contribution >= 4 is 5.91 Å². The highest BCUT2D eigenvalue weighted by atomic mass is 16.2. The van der Waals surface area contributed by atoms with E-state index < -0.39 is 0 Å². The maximum Gasteiger partial charge on any atom is 0.272 e. The number of benzene rings is 1. The Morgan fingerprint density at radius 3 is 2.44 bits per heavy atom. The number of piperidine rings is 3. The number of nitrogens with zero attached hydrogens (tertiary/aromatic N) is 3. The molecule has 4 heteroatoms. The van der Waals surface area contributed by atoms with Gasteiger partial charge in [-0.2, -0.15) is 0 Å². The van der Waals surface area contributed by atoms with Crippen LogP contribution in [0.2, 0.25) is 0 Å². The minimum atomic E-state index is 0.108. The summed E-state index contributed by atoms with van der Waals surface area (Å²) in [6, 6.07) is 15.5. The van der Waals surface area contributed by atoms with Crippen molar-refractivity contribution in [3.63, 3.8) is 0 Å².